The standard InChI is InChI=1S/C13H14BrN/c1-13(2,3)12-11-8-10(14)5-4-9(11)6-7-15-12/h4-8H,1-3H3. The number of pyridine rings is 1. The molecule has 1 aromatic carbocycles. The average Bonchev–Trinajstić information content (AvgIpc) is 2.15. The van der Waals surface area contributed by atoms with Crippen molar-refractivity contribution in [1.29, 1.82) is 0 Å². The molecule has 0 radical (unpaired) electrons. The molecule has 0 aliphatic heterocycles. The van der Waals surface area contributed by atoms with Gasteiger partial charge in [0.25, 0.3) is 0 Å². The van der Waals surface area contributed by atoms with Gasteiger partial charge in [-0.25, -0.2) is 0 Å². The molecule has 2 rings (SSSR count). The van der Waals surface area contributed by atoms with Crippen LogP contribution in [-0.4, -0.2) is 4.98 Å². The first-order chi connectivity index (χ1) is 6.98. The molecule has 0 fully saturated rings. The summed E-state index contributed by atoms with van der Waals surface area (Å²) in [6.07, 6.45) is 1.89. The number of hydrogen-bond acceptors (Lipinski definition) is 1. The Kier molecular flexibility index (Phi) is 2.55. The zero-order chi connectivity index (χ0) is 11.1. The Labute approximate surface area is 98.7 Å². The smallest absolute Gasteiger partial charge is 0.0535 e. The molecule has 15 heavy (non-hydrogen) atoms. The second-order valence-electron chi connectivity index (χ2n) is 4.78. The first-order valence-electron chi connectivity index (χ1n) is 5.03. The number of rotatable bonds is 0. The lowest BCUT2D eigenvalue weighted by atomic mass is 9.88. The van der Waals surface area contributed by atoms with E-state index in [1.165, 1.54) is 10.8 Å². The lowest BCUT2D eigenvalue weighted by molar-refractivity contribution is 0.575. The molecular formula is C13H14BrN. The number of nitrogens with zero attached hydrogens (tertiary/aromatic N) is 1. The van der Waals surface area contributed by atoms with Gasteiger partial charge in [0.1, 0.15) is 0 Å². The van der Waals surface area contributed by atoms with E-state index in [1.54, 1.807) is 0 Å². The average molecular weight is 264 g/mol. The molecular weight excluding hydrogens is 250 g/mol. The lowest BCUT2D eigenvalue weighted by Gasteiger charge is -2.19. The maximum absolute atomic E-state index is 4.50. The molecule has 0 aliphatic carbocycles. The summed E-state index contributed by atoms with van der Waals surface area (Å²) in [7, 11) is 0. The molecule has 2 heteroatoms. The zero-order valence-electron chi connectivity index (χ0n) is 9.21. The molecule has 1 nitrogen and oxygen atoms in total. The maximum atomic E-state index is 4.50. The van der Waals surface area contributed by atoms with Crippen molar-refractivity contribution in [3.63, 3.8) is 0 Å². The molecule has 2 aromatic rings. The molecule has 1 heterocycles. The second-order valence-corrected chi connectivity index (χ2v) is 5.69. The van der Waals surface area contributed by atoms with Crippen molar-refractivity contribution < 1.29 is 0 Å². The van der Waals surface area contributed by atoms with E-state index >= 15 is 0 Å². The van der Waals surface area contributed by atoms with Crippen molar-refractivity contribution in [3.05, 3.63) is 40.6 Å². The fourth-order valence-corrected chi connectivity index (χ4v) is 2.10. The summed E-state index contributed by atoms with van der Waals surface area (Å²) in [5.41, 5.74) is 1.24. The van der Waals surface area contributed by atoms with E-state index in [-0.39, 0.29) is 5.41 Å². The Bertz CT molecular complexity index is 497. The van der Waals surface area contributed by atoms with Crippen LogP contribution in [0.2, 0.25) is 0 Å². The van der Waals surface area contributed by atoms with Crippen LogP contribution >= 0.6 is 15.9 Å². The van der Waals surface area contributed by atoms with Crippen molar-refractivity contribution in [2.24, 2.45) is 0 Å². The first-order valence-corrected chi connectivity index (χ1v) is 5.82. The highest BCUT2D eigenvalue weighted by molar-refractivity contribution is 9.10. The summed E-state index contributed by atoms with van der Waals surface area (Å²) in [5, 5.41) is 2.48. The highest BCUT2D eigenvalue weighted by Crippen LogP contribution is 2.29. The first kappa shape index (κ1) is 10.6. The monoisotopic (exact) mass is 263 g/mol. The summed E-state index contributed by atoms with van der Waals surface area (Å²) in [6, 6.07) is 8.38. The van der Waals surface area contributed by atoms with Crippen LogP contribution in [0.25, 0.3) is 10.8 Å². The van der Waals surface area contributed by atoms with Crippen LogP contribution in [0.1, 0.15) is 26.5 Å². The fraction of sp³-hybridized carbons (Fsp3) is 0.308. The normalized spacial score (nSPS) is 12.0. The summed E-state index contributed by atoms with van der Waals surface area (Å²) >= 11 is 3.51. The van der Waals surface area contributed by atoms with Gasteiger partial charge in [0, 0.05) is 21.5 Å². The Hall–Kier alpha value is -0.890. The van der Waals surface area contributed by atoms with Crippen LogP contribution in [0, 0.1) is 0 Å². The molecule has 0 amide bonds. The third kappa shape index (κ3) is 2.05. The van der Waals surface area contributed by atoms with Crippen molar-refractivity contribution in [1.82, 2.24) is 4.98 Å². The molecule has 0 bridgehead atoms. The van der Waals surface area contributed by atoms with Gasteiger partial charge in [-0.15, -0.1) is 0 Å². The highest BCUT2D eigenvalue weighted by Gasteiger charge is 2.18. The van der Waals surface area contributed by atoms with Crippen LogP contribution in [0.4, 0.5) is 0 Å². The van der Waals surface area contributed by atoms with Gasteiger partial charge < -0.3 is 0 Å². The zero-order valence-corrected chi connectivity index (χ0v) is 10.8. The Morgan fingerprint density at radius 1 is 1.13 bits per heavy atom. The number of fused-ring (bicyclic) bond motifs is 1. The second kappa shape index (κ2) is 3.60. The summed E-state index contributed by atoms with van der Waals surface area (Å²) in [6.45, 7) is 6.57. The summed E-state index contributed by atoms with van der Waals surface area (Å²) in [5.74, 6) is 0. The van der Waals surface area contributed by atoms with Crippen molar-refractivity contribution in [3.8, 4) is 0 Å². The van der Waals surface area contributed by atoms with E-state index in [2.05, 4.69) is 66.0 Å². The van der Waals surface area contributed by atoms with Gasteiger partial charge in [0.15, 0.2) is 0 Å². The molecule has 0 saturated heterocycles. The van der Waals surface area contributed by atoms with E-state index in [9.17, 15) is 0 Å². The molecule has 0 atom stereocenters. The predicted molar refractivity (Wildman–Crippen MR) is 68.1 cm³/mol. The van der Waals surface area contributed by atoms with Gasteiger partial charge in [-0.2, -0.15) is 0 Å². The SMILES string of the molecule is CC(C)(C)c1nccc2ccc(Br)cc12. The molecule has 1 aromatic heterocycles. The van der Waals surface area contributed by atoms with Crippen LogP contribution in [-0.2, 0) is 5.41 Å². The van der Waals surface area contributed by atoms with Crippen molar-refractivity contribution in [2.45, 2.75) is 26.2 Å². The topological polar surface area (TPSA) is 12.9 Å². The molecule has 0 N–H and O–H groups in total. The van der Waals surface area contributed by atoms with E-state index in [1.807, 2.05) is 6.20 Å². The fourth-order valence-electron chi connectivity index (χ4n) is 1.74. The third-order valence-corrected chi connectivity index (χ3v) is 2.93. The van der Waals surface area contributed by atoms with E-state index in [4.69, 9.17) is 0 Å². The van der Waals surface area contributed by atoms with Gasteiger partial charge in [0.2, 0.25) is 0 Å². The minimum Gasteiger partial charge on any atom is -0.260 e. The largest absolute Gasteiger partial charge is 0.260 e. The number of benzene rings is 1. The van der Waals surface area contributed by atoms with Crippen LogP contribution in [0.5, 0.6) is 0 Å². The van der Waals surface area contributed by atoms with E-state index in [0.29, 0.717) is 0 Å². The lowest BCUT2D eigenvalue weighted by Crippen LogP contribution is -2.13. The quantitative estimate of drug-likeness (QED) is 0.691. The van der Waals surface area contributed by atoms with Gasteiger partial charge in [-0.3, -0.25) is 4.98 Å². The van der Waals surface area contributed by atoms with Gasteiger partial charge >= 0.3 is 0 Å². The molecule has 0 unspecified atom stereocenters. The van der Waals surface area contributed by atoms with Gasteiger partial charge in [-0.05, 0) is 23.6 Å². The van der Waals surface area contributed by atoms with Crippen LogP contribution in [0.15, 0.2) is 34.9 Å². The highest BCUT2D eigenvalue weighted by atomic mass is 79.9. The number of aromatic nitrogens is 1. The van der Waals surface area contributed by atoms with Crippen LogP contribution in [0.3, 0.4) is 0 Å². The molecule has 0 aliphatic rings. The Balaban J connectivity index is 2.80. The maximum Gasteiger partial charge on any atom is 0.0535 e. The van der Waals surface area contributed by atoms with Gasteiger partial charge in [0.05, 0.1) is 5.69 Å². The minimum absolute atomic E-state index is 0.0836. The summed E-state index contributed by atoms with van der Waals surface area (Å²) in [4.78, 5) is 4.50. The van der Waals surface area contributed by atoms with E-state index in [0.717, 1.165) is 10.2 Å². The molecule has 0 saturated carbocycles. The van der Waals surface area contributed by atoms with Crippen molar-refractivity contribution in [2.75, 3.05) is 0 Å². The van der Waals surface area contributed by atoms with Crippen LogP contribution < -0.4 is 0 Å². The summed E-state index contributed by atoms with van der Waals surface area (Å²) < 4.78 is 1.11. The number of halogens is 1. The Morgan fingerprint density at radius 2 is 1.87 bits per heavy atom. The number of hydrogen-bond donors (Lipinski definition) is 0. The minimum atomic E-state index is 0.0836. The predicted octanol–water partition coefficient (Wildman–Crippen LogP) is 4.29. The van der Waals surface area contributed by atoms with Gasteiger partial charge in [-0.1, -0.05) is 42.8 Å². The molecule has 0 spiro atoms. The van der Waals surface area contributed by atoms with E-state index < -0.39 is 0 Å². The Morgan fingerprint density at radius 3 is 2.53 bits per heavy atom. The van der Waals surface area contributed by atoms with Crippen molar-refractivity contribution >= 4 is 26.7 Å². The molecule has 78 valence electrons. The third-order valence-electron chi connectivity index (χ3n) is 2.44.